The molecule has 0 saturated heterocycles. The van der Waals surface area contributed by atoms with E-state index in [0.29, 0.717) is 16.7 Å². The molecule has 0 amide bonds. The van der Waals surface area contributed by atoms with E-state index in [1.165, 1.54) is 12.8 Å². The molecule has 0 radical (unpaired) electrons. The highest BCUT2D eigenvalue weighted by atomic mass is 32.2. The summed E-state index contributed by atoms with van der Waals surface area (Å²) in [4.78, 5) is 11.8. The van der Waals surface area contributed by atoms with Gasteiger partial charge < -0.3 is 5.32 Å². The van der Waals surface area contributed by atoms with Crippen LogP contribution in [0.25, 0.3) is 0 Å². The normalized spacial score (nSPS) is 25.1. The Bertz CT molecular complexity index is 508. The van der Waals surface area contributed by atoms with Gasteiger partial charge >= 0.3 is 5.69 Å². The van der Waals surface area contributed by atoms with E-state index < -0.39 is 0 Å². The van der Waals surface area contributed by atoms with Crippen LogP contribution < -0.4 is 11.0 Å². The number of thioether (sulfide) groups is 1. The molecule has 1 aromatic heterocycles. The lowest BCUT2D eigenvalue weighted by Crippen LogP contribution is -2.44. The number of rotatable bonds is 6. The zero-order valence-electron chi connectivity index (χ0n) is 13.6. The van der Waals surface area contributed by atoms with Crippen LogP contribution in [-0.4, -0.2) is 32.6 Å². The minimum Gasteiger partial charge on any atom is -0.313 e. The summed E-state index contributed by atoms with van der Waals surface area (Å²) in [7, 11) is 0. The van der Waals surface area contributed by atoms with E-state index in [1.54, 1.807) is 16.3 Å². The first-order valence-corrected chi connectivity index (χ1v) is 8.90. The fourth-order valence-electron chi connectivity index (χ4n) is 3.09. The molecule has 6 heteroatoms. The van der Waals surface area contributed by atoms with Crippen molar-refractivity contribution in [2.45, 2.75) is 76.4 Å². The lowest BCUT2D eigenvalue weighted by molar-refractivity contribution is 0.215. The van der Waals surface area contributed by atoms with Crippen molar-refractivity contribution in [1.29, 1.82) is 0 Å². The van der Waals surface area contributed by atoms with Crippen molar-refractivity contribution < 1.29 is 0 Å². The second kappa shape index (κ2) is 7.01. The lowest BCUT2D eigenvalue weighted by Gasteiger charge is -2.40. The Hall–Kier alpha value is -0.750. The molecule has 0 bridgehead atoms. The maximum absolute atomic E-state index is 11.8. The van der Waals surface area contributed by atoms with Gasteiger partial charge in [-0.1, -0.05) is 39.5 Å². The number of hydrogen-bond donors (Lipinski definition) is 2. The number of hydrogen-bond acceptors (Lipinski definition) is 4. The van der Waals surface area contributed by atoms with Gasteiger partial charge in [0.05, 0.1) is 0 Å². The molecule has 2 N–H and O–H groups in total. The first kappa shape index (κ1) is 16.6. The Balaban J connectivity index is 2.16. The van der Waals surface area contributed by atoms with Crippen LogP contribution in [0.2, 0.25) is 0 Å². The van der Waals surface area contributed by atoms with Crippen LogP contribution in [0.3, 0.4) is 0 Å². The minimum absolute atomic E-state index is 0.0885. The Morgan fingerprint density at radius 2 is 2.24 bits per heavy atom. The molecule has 120 valence electrons. The standard InChI is InChI=1S/C15H28N4OS/c1-5-9-19-13(20)17-18-14(19)21-12-10-15(3,4)8-7-11(12)16-6-2/h11-12,16H,5-10H2,1-4H3,(H,17,20). The second-order valence-corrected chi connectivity index (χ2v) is 7.90. The van der Waals surface area contributed by atoms with Gasteiger partial charge in [0.25, 0.3) is 0 Å². The van der Waals surface area contributed by atoms with Crippen molar-refractivity contribution in [2.24, 2.45) is 5.41 Å². The third kappa shape index (κ3) is 4.13. The number of aromatic nitrogens is 3. The van der Waals surface area contributed by atoms with E-state index >= 15 is 0 Å². The van der Waals surface area contributed by atoms with E-state index in [2.05, 4.69) is 43.2 Å². The maximum Gasteiger partial charge on any atom is 0.343 e. The third-order valence-corrected chi connectivity index (χ3v) is 5.55. The molecule has 1 aliphatic carbocycles. The average Bonchev–Trinajstić information content (AvgIpc) is 2.75. The highest BCUT2D eigenvalue weighted by Crippen LogP contribution is 2.42. The zero-order valence-corrected chi connectivity index (χ0v) is 14.4. The summed E-state index contributed by atoms with van der Waals surface area (Å²) < 4.78 is 1.77. The van der Waals surface area contributed by atoms with Gasteiger partial charge in [0, 0.05) is 17.8 Å². The molecule has 0 spiro atoms. The molecule has 1 aliphatic rings. The number of aromatic amines is 1. The molecular formula is C15H28N4OS. The molecule has 5 nitrogen and oxygen atoms in total. The summed E-state index contributed by atoms with van der Waals surface area (Å²) in [6, 6.07) is 0.509. The monoisotopic (exact) mass is 312 g/mol. The fourth-order valence-corrected chi connectivity index (χ4v) is 4.69. The third-order valence-electron chi connectivity index (χ3n) is 4.23. The largest absolute Gasteiger partial charge is 0.343 e. The molecule has 1 heterocycles. The quantitative estimate of drug-likeness (QED) is 0.847. The molecular weight excluding hydrogens is 284 g/mol. The van der Waals surface area contributed by atoms with E-state index in [0.717, 1.165) is 31.1 Å². The van der Waals surface area contributed by atoms with Crippen LogP contribution in [0.5, 0.6) is 0 Å². The van der Waals surface area contributed by atoms with Crippen LogP contribution in [0, 0.1) is 5.41 Å². The minimum atomic E-state index is -0.0885. The highest BCUT2D eigenvalue weighted by Gasteiger charge is 2.36. The predicted octanol–water partition coefficient (Wildman–Crippen LogP) is 2.63. The summed E-state index contributed by atoms with van der Waals surface area (Å²) in [5.74, 6) is 0. The van der Waals surface area contributed by atoms with E-state index in [-0.39, 0.29) is 5.69 Å². The van der Waals surface area contributed by atoms with Gasteiger partial charge in [-0.2, -0.15) is 0 Å². The molecule has 1 saturated carbocycles. The van der Waals surface area contributed by atoms with Gasteiger partial charge in [-0.25, -0.2) is 9.89 Å². The van der Waals surface area contributed by atoms with E-state index in [1.807, 2.05) is 0 Å². The predicted molar refractivity (Wildman–Crippen MR) is 87.9 cm³/mol. The van der Waals surface area contributed by atoms with Gasteiger partial charge in [-0.15, -0.1) is 5.10 Å². The van der Waals surface area contributed by atoms with Crippen LogP contribution in [0.4, 0.5) is 0 Å². The van der Waals surface area contributed by atoms with Crippen molar-refractivity contribution in [3.63, 3.8) is 0 Å². The summed E-state index contributed by atoms with van der Waals surface area (Å²) in [5, 5.41) is 11.7. The van der Waals surface area contributed by atoms with E-state index in [9.17, 15) is 4.79 Å². The van der Waals surface area contributed by atoms with Crippen LogP contribution in [-0.2, 0) is 6.54 Å². The van der Waals surface area contributed by atoms with Crippen molar-refractivity contribution in [2.75, 3.05) is 6.54 Å². The Kier molecular flexibility index (Phi) is 5.54. The molecule has 1 aromatic rings. The van der Waals surface area contributed by atoms with Crippen molar-refractivity contribution in [3.05, 3.63) is 10.5 Å². The Morgan fingerprint density at radius 1 is 1.48 bits per heavy atom. The summed E-state index contributed by atoms with van der Waals surface area (Å²) >= 11 is 1.76. The molecule has 2 rings (SSSR count). The number of nitrogens with zero attached hydrogens (tertiary/aromatic N) is 2. The van der Waals surface area contributed by atoms with Crippen molar-refractivity contribution in [1.82, 2.24) is 20.1 Å². The molecule has 21 heavy (non-hydrogen) atoms. The Morgan fingerprint density at radius 3 is 2.90 bits per heavy atom. The van der Waals surface area contributed by atoms with Crippen LogP contribution in [0.1, 0.15) is 53.4 Å². The van der Waals surface area contributed by atoms with Crippen LogP contribution in [0.15, 0.2) is 9.95 Å². The first-order valence-electron chi connectivity index (χ1n) is 8.02. The fraction of sp³-hybridized carbons (Fsp3) is 0.867. The van der Waals surface area contributed by atoms with Gasteiger partial charge in [0.2, 0.25) is 0 Å². The Labute approximate surface area is 131 Å². The smallest absolute Gasteiger partial charge is 0.313 e. The topological polar surface area (TPSA) is 62.7 Å². The van der Waals surface area contributed by atoms with Gasteiger partial charge in [0.1, 0.15) is 0 Å². The molecule has 2 atom stereocenters. The zero-order chi connectivity index (χ0) is 15.5. The van der Waals surface area contributed by atoms with Crippen molar-refractivity contribution in [3.8, 4) is 0 Å². The number of H-pyrrole nitrogens is 1. The SMILES string of the molecule is CCCn1c(SC2CC(C)(C)CCC2NCC)n[nH]c1=O. The van der Waals surface area contributed by atoms with E-state index in [4.69, 9.17) is 0 Å². The average molecular weight is 312 g/mol. The maximum atomic E-state index is 11.8. The van der Waals surface area contributed by atoms with Crippen LogP contribution >= 0.6 is 11.8 Å². The second-order valence-electron chi connectivity index (χ2n) is 6.69. The summed E-state index contributed by atoms with van der Waals surface area (Å²) in [5.41, 5.74) is 0.282. The highest BCUT2D eigenvalue weighted by molar-refractivity contribution is 7.99. The first-order chi connectivity index (χ1) is 9.96. The number of nitrogens with one attached hydrogen (secondary N) is 2. The molecule has 1 fully saturated rings. The van der Waals surface area contributed by atoms with Crippen molar-refractivity contribution >= 4 is 11.8 Å². The molecule has 2 unspecified atom stereocenters. The lowest BCUT2D eigenvalue weighted by atomic mass is 9.75. The molecule has 0 aromatic carbocycles. The van der Waals surface area contributed by atoms with Gasteiger partial charge in [0.15, 0.2) is 5.16 Å². The summed E-state index contributed by atoms with van der Waals surface area (Å²) in [6.45, 7) is 10.6. The van der Waals surface area contributed by atoms with Gasteiger partial charge in [-0.05, 0) is 37.6 Å². The summed E-state index contributed by atoms with van der Waals surface area (Å²) in [6.07, 6.45) is 4.55. The molecule has 0 aliphatic heterocycles. The van der Waals surface area contributed by atoms with Gasteiger partial charge in [-0.3, -0.25) is 4.57 Å².